The molecule has 28 heavy (non-hydrogen) atoms. The lowest BCUT2D eigenvalue weighted by molar-refractivity contribution is -0.132. The number of carbonyl (C=O) groups is 2. The minimum atomic E-state index is -0.790. The second-order valence-corrected chi connectivity index (χ2v) is 6.73. The number of aromatic nitrogens is 1. The summed E-state index contributed by atoms with van der Waals surface area (Å²) in [6, 6.07) is 18.1. The van der Waals surface area contributed by atoms with E-state index in [1.54, 1.807) is 66.9 Å². The van der Waals surface area contributed by atoms with Crippen LogP contribution in [-0.2, 0) is 9.59 Å². The van der Waals surface area contributed by atoms with Gasteiger partial charge in [-0.05, 0) is 29.8 Å². The largest absolute Gasteiger partial charge is 0.507 e. The Morgan fingerprint density at radius 2 is 1.68 bits per heavy atom. The number of anilines is 1. The summed E-state index contributed by atoms with van der Waals surface area (Å²) in [4.78, 5) is 31.2. The van der Waals surface area contributed by atoms with E-state index in [0.717, 1.165) is 0 Å². The zero-order chi connectivity index (χ0) is 19.7. The molecule has 2 aromatic carbocycles. The summed E-state index contributed by atoms with van der Waals surface area (Å²) >= 11 is 6.01. The lowest BCUT2D eigenvalue weighted by Crippen LogP contribution is -2.29. The second kappa shape index (κ2) is 7.29. The minimum Gasteiger partial charge on any atom is -0.507 e. The first-order chi connectivity index (χ1) is 13.6. The Morgan fingerprint density at radius 1 is 0.964 bits per heavy atom. The van der Waals surface area contributed by atoms with E-state index in [0.29, 0.717) is 21.8 Å². The maximum atomic E-state index is 12.9. The van der Waals surface area contributed by atoms with Gasteiger partial charge in [0, 0.05) is 16.8 Å². The predicted molar refractivity (Wildman–Crippen MR) is 107 cm³/mol. The number of halogens is 1. The van der Waals surface area contributed by atoms with Gasteiger partial charge in [-0.15, -0.1) is 0 Å². The molecule has 3 aromatic rings. The molecule has 1 atom stereocenters. The smallest absolute Gasteiger partial charge is 0.300 e. The molecule has 1 amide bonds. The van der Waals surface area contributed by atoms with Gasteiger partial charge in [0.1, 0.15) is 5.76 Å². The van der Waals surface area contributed by atoms with Crippen LogP contribution in [0.2, 0.25) is 5.02 Å². The summed E-state index contributed by atoms with van der Waals surface area (Å²) in [6.45, 7) is 0. The van der Waals surface area contributed by atoms with Crippen LogP contribution in [0.5, 0.6) is 0 Å². The maximum Gasteiger partial charge on any atom is 0.300 e. The number of hydrogen-bond acceptors (Lipinski definition) is 4. The van der Waals surface area contributed by atoms with Crippen molar-refractivity contribution in [3.8, 4) is 0 Å². The number of nitrogens with zero attached hydrogens (tertiary/aromatic N) is 2. The molecule has 6 heteroatoms. The molecule has 0 spiro atoms. The molecule has 1 N–H and O–H groups in total. The van der Waals surface area contributed by atoms with Gasteiger partial charge in [0.25, 0.3) is 11.7 Å². The molecule has 0 aliphatic carbocycles. The number of pyridine rings is 1. The minimum absolute atomic E-state index is 0.0300. The third-order valence-corrected chi connectivity index (χ3v) is 4.85. The Hall–Kier alpha value is -3.44. The fourth-order valence-corrected chi connectivity index (χ4v) is 3.43. The summed E-state index contributed by atoms with van der Waals surface area (Å²) in [5, 5.41) is 11.4. The molecule has 0 bridgehead atoms. The average Bonchev–Trinajstić information content (AvgIpc) is 3.00. The van der Waals surface area contributed by atoms with Crippen molar-refractivity contribution in [2.45, 2.75) is 6.04 Å². The van der Waals surface area contributed by atoms with Crippen molar-refractivity contribution in [2.24, 2.45) is 0 Å². The molecule has 0 saturated carbocycles. The number of hydrogen-bond donors (Lipinski definition) is 1. The van der Waals surface area contributed by atoms with E-state index >= 15 is 0 Å². The average molecular weight is 391 g/mol. The number of benzene rings is 2. The van der Waals surface area contributed by atoms with Crippen LogP contribution >= 0.6 is 11.6 Å². The first kappa shape index (κ1) is 17.9. The van der Waals surface area contributed by atoms with Gasteiger partial charge in [-0.1, -0.05) is 54.1 Å². The molecular formula is C22H15ClN2O3. The van der Waals surface area contributed by atoms with Gasteiger partial charge < -0.3 is 5.11 Å². The second-order valence-electron chi connectivity index (χ2n) is 6.30. The van der Waals surface area contributed by atoms with Crippen molar-refractivity contribution >= 4 is 34.7 Å². The lowest BCUT2D eigenvalue weighted by Gasteiger charge is -2.25. The van der Waals surface area contributed by atoms with Crippen molar-refractivity contribution in [3.05, 3.63) is 101 Å². The highest BCUT2D eigenvalue weighted by Gasteiger charge is 2.47. The van der Waals surface area contributed by atoms with Gasteiger partial charge in [-0.3, -0.25) is 19.5 Å². The Bertz CT molecular complexity index is 1060. The summed E-state index contributed by atoms with van der Waals surface area (Å²) in [7, 11) is 0. The number of rotatable bonds is 3. The molecule has 1 aromatic heterocycles. The zero-order valence-corrected chi connectivity index (χ0v) is 15.4. The highest BCUT2D eigenvalue weighted by molar-refractivity contribution is 6.51. The van der Waals surface area contributed by atoms with Crippen LogP contribution in [0, 0.1) is 0 Å². The molecule has 1 fully saturated rings. The van der Waals surface area contributed by atoms with Crippen LogP contribution in [0.3, 0.4) is 0 Å². The molecule has 0 radical (unpaired) electrons. The van der Waals surface area contributed by atoms with Gasteiger partial charge in [-0.25, -0.2) is 0 Å². The fraction of sp³-hybridized carbons (Fsp3) is 0.0455. The van der Waals surface area contributed by atoms with E-state index in [4.69, 9.17) is 11.6 Å². The summed E-state index contributed by atoms with van der Waals surface area (Å²) in [5.41, 5.74) is 1.62. The molecule has 5 nitrogen and oxygen atoms in total. The van der Waals surface area contributed by atoms with Gasteiger partial charge in [0.05, 0.1) is 23.5 Å². The molecule has 1 aliphatic heterocycles. The standard InChI is InChI=1S/C22H15ClN2O3/c23-16-10-8-14(9-11-16)19-18(20(26)15-5-2-1-3-6-15)21(27)22(28)25(19)17-7-4-12-24-13-17/h1-13,19,26H/t19-/m0/s1. The highest BCUT2D eigenvalue weighted by atomic mass is 35.5. The van der Waals surface area contributed by atoms with E-state index in [2.05, 4.69) is 4.98 Å². The van der Waals surface area contributed by atoms with Crippen LogP contribution < -0.4 is 4.90 Å². The Kier molecular flexibility index (Phi) is 4.67. The zero-order valence-electron chi connectivity index (χ0n) is 14.6. The van der Waals surface area contributed by atoms with E-state index in [9.17, 15) is 14.7 Å². The lowest BCUT2D eigenvalue weighted by atomic mass is 9.95. The van der Waals surface area contributed by atoms with Gasteiger partial charge >= 0.3 is 0 Å². The van der Waals surface area contributed by atoms with Gasteiger partial charge in [-0.2, -0.15) is 0 Å². The van der Waals surface area contributed by atoms with Crippen molar-refractivity contribution in [3.63, 3.8) is 0 Å². The monoisotopic (exact) mass is 390 g/mol. The molecular weight excluding hydrogens is 376 g/mol. The first-order valence-corrected chi connectivity index (χ1v) is 8.97. The third-order valence-electron chi connectivity index (χ3n) is 4.60. The van der Waals surface area contributed by atoms with Crippen LogP contribution in [0.1, 0.15) is 17.2 Å². The summed E-state index contributed by atoms with van der Waals surface area (Å²) < 4.78 is 0. The number of aliphatic hydroxyl groups is 1. The third kappa shape index (κ3) is 3.06. The van der Waals surface area contributed by atoms with Crippen molar-refractivity contribution in [1.82, 2.24) is 4.98 Å². The highest BCUT2D eigenvalue weighted by Crippen LogP contribution is 2.42. The van der Waals surface area contributed by atoms with Crippen molar-refractivity contribution in [1.29, 1.82) is 0 Å². The van der Waals surface area contributed by atoms with Crippen LogP contribution in [0.15, 0.2) is 84.7 Å². The molecule has 0 unspecified atom stereocenters. The van der Waals surface area contributed by atoms with E-state index in [1.807, 2.05) is 6.07 Å². The number of carbonyl (C=O) groups excluding carboxylic acids is 2. The van der Waals surface area contributed by atoms with Crippen molar-refractivity contribution in [2.75, 3.05) is 4.90 Å². The quantitative estimate of drug-likeness (QED) is 0.410. The Morgan fingerprint density at radius 3 is 2.32 bits per heavy atom. The predicted octanol–water partition coefficient (Wildman–Crippen LogP) is 4.36. The molecule has 1 aliphatic rings. The van der Waals surface area contributed by atoms with Crippen molar-refractivity contribution < 1.29 is 14.7 Å². The maximum absolute atomic E-state index is 12.9. The van der Waals surface area contributed by atoms with Crippen LogP contribution in [-0.4, -0.2) is 21.8 Å². The Balaban J connectivity index is 1.95. The Labute approximate surface area is 166 Å². The molecule has 2 heterocycles. The number of aliphatic hydroxyl groups excluding tert-OH is 1. The molecule has 1 saturated heterocycles. The fourth-order valence-electron chi connectivity index (χ4n) is 3.31. The number of amides is 1. The normalized spacial score (nSPS) is 18.5. The topological polar surface area (TPSA) is 70.5 Å². The van der Waals surface area contributed by atoms with Gasteiger partial charge in [0.2, 0.25) is 0 Å². The van der Waals surface area contributed by atoms with E-state index in [-0.39, 0.29) is 11.3 Å². The van der Waals surface area contributed by atoms with Gasteiger partial charge in [0.15, 0.2) is 0 Å². The SMILES string of the molecule is O=C1C(=O)N(c2cccnc2)[C@@H](c2ccc(Cl)cc2)C1=C(O)c1ccccc1. The first-order valence-electron chi connectivity index (χ1n) is 8.60. The number of ketones is 1. The molecule has 4 rings (SSSR count). The van der Waals surface area contributed by atoms with Crippen LogP contribution in [0.25, 0.3) is 5.76 Å². The summed E-state index contributed by atoms with van der Waals surface area (Å²) in [5.74, 6) is -1.68. The molecule has 138 valence electrons. The summed E-state index contributed by atoms with van der Waals surface area (Å²) in [6.07, 6.45) is 3.10. The van der Waals surface area contributed by atoms with E-state index in [1.165, 1.54) is 11.1 Å². The number of Topliss-reactive ketones (excluding diaryl/α,β-unsaturated/α-hetero) is 1. The van der Waals surface area contributed by atoms with E-state index < -0.39 is 17.7 Å². The van der Waals surface area contributed by atoms with Crippen LogP contribution in [0.4, 0.5) is 5.69 Å².